The number of nitrogens with two attached hydrogens (primary N) is 1. The van der Waals surface area contributed by atoms with Crippen LogP contribution < -0.4 is 10.6 Å². The Hall–Kier alpha value is -1.27. The Bertz CT molecular complexity index is 338. The Morgan fingerprint density at radius 1 is 1.35 bits per heavy atom. The van der Waals surface area contributed by atoms with Crippen molar-refractivity contribution in [2.45, 2.75) is 18.9 Å². The summed E-state index contributed by atoms with van der Waals surface area (Å²) in [6, 6.07) is 0. The van der Waals surface area contributed by atoms with Crippen LogP contribution in [0.3, 0.4) is 0 Å². The predicted molar refractivity (Wildman–Crippen MR) is 62.2 cm³/mol. The van der Waals surface area contributed by atoms with E-state index in [1.807, 2.05) is 4.90 Å². The van der Waals surface area contributed by atoms with E-state index in [0.717, 1.165) is 25.9 Å². The lowest BCUT2D eigenvalue weighted by molar-refractivity contribution is 0.0420. The average molecular weight is 240 g/mol. The Morgan fingerprint density at radius 3 is 2.59 bits per heavy atom. The third kappa shape index (κ3) is 3.34. The zero-order valence-electron chi connectivity index (χ0n) is 9.68. The fourth-order valence-corrected chi connectivity index (χ4v) is 1.93. The minimum Gasteiger partial charge on any atom is -0.377 e. The number of hydrogen-bond donors (Lipinski definition) is 1. The van der Waals surface area contributed by atoms with Crippen LogP contribution in [0.1, 0.15) is 12.8 Å². The third-order valence-corrected chi connectivity index (χ3v) is 2.80. The van der Waals surface area contributed by atoms with Crippen molar-refractivity contribution in [2.24, 2.45) is 5.73 Å². The van der Waals surface area contributed by atoms with Gasteiger partial charge in [-0.2, -0.15) is 0 Å². The number of rotatable bonds is 4. The van der Waals surface area contributed by atoms with Gasteiger partial charge in [-0.3, -0.25) is 0 Å². The van der Waals surface area contributed by atoms with E-state index in [9.17, 15) is 4.39 Å². The van der Waals surface area contributed by atoms with E-state index in [1.165, 1.54) is 12.4 Å². The normalized spacial score (nSPS) is 17.4. The topological polar surface area (TPSA) is 64.3 Å². The maximum atomic E-state index is 12.7. The molecule has 1 aromatic rings. The first kappa shape index (κ1) is 12.2. The standard InChI is InChI=1S/C11H17FN4O/c12-9-7-14-11(15-8-9)16-4-1-10(2-5-16)17-6-3-13/h7-8,10H,1-6,13H2. The second kappa shape index (κ2) is 5.88. The first-order chi connectivity index (χ1) is 8.29. The molecule has 0 spiro atoms. The highest BCUT2D eigenvalue weighted by atomic mass is 19.1. The predicted octanol–water partition coefficient (Wildman–Crippen LogP) is 0.560. The van der Waals surface area contributed by atoms with Gasteiger partial charge in [0.05, 0.1) is 25.1 Å². The van der Waals surface area contributed by atoms with Crippen molar-refractivity contribution in [3.05, 3.63) is 18.2 Å². The summed E-state index contributed by atoms with van der Waals surface area (Å²) in [5, 5.41) is 0. The molecule has 6 heteroatoms. The molecule has 5 nitrogen and oxygen atoms in total. The van der Waals surface area contributed by atoms with E-state index in [1.54, 1.807) is 0 Å². The van der Waals surface area contributed by atoms with Gasteiger partial charge in [-0.1, -0.05) is 0 Å². The van der Waals surface area contributed by atoms with Crippen LogP contribution >= 0.6 is 0 Å². The first-order valence-corrected chi connectivity index (χ1v) is 5.84. The van der Waals surface area contributed by atoms with Crippen LogP contribution in [0.4, 0.5) is 10.3 Å². The number of anilines is 1. The molecular weight excluding hydrogens is 223 g/mol. The molecule has 94 valence electrons. The summed E-state index contributed by atoms with van der Waals surface area (Å²) in [7, 11) is 0. The number of aromatic nitrogens is 2. The van der Waals surface area contributed by atoms with Crippen LogP contribution in [0, 0.1) is 5.82 Å². The minimum atomic E-state index is -0.407. The highest BCUT2D eigenvalue weighted by Crippen LogP contribution is 2.17. The summed E-state index contributed by atoms with van der Waals surface area (Å²) in [6.45, 7) is 2.83. The van der Waals surface area contributed by atoms with E-state index in [0.29, 0.717) is 19.1 Å². The molecule has 2 N–H and O–H groups in total. The summed E-state index contributed by atoms with van der Waals surface area (Å²) in [4.78, 5) is 9.98. The van der Waals surface area contributed by atoms with Crippen LogP contribution in [0.2, 0.25) is 0 Å². The van der Waals surface area contributed by atoms with E-state index in [2.05, 4.69) is 9.97 Å². The molecule has 17 heavy (non-hydrogen) atoms. The molecule has 1 aromatic heterocycles. The van der Waals surface area contributed by atoms with E-state index in [-0.39, 0.29) is 6.10 Å². The molecule has 0 bridgehead atoms. The minimum absolute atomic E-state index is 0.273. The lowest BCUT2D eigenvalue weighted by Gasteiger charge is -2.31. The molecule has 1 fully saturated rings. The zero-order valence-corrected chi connectivity index (χ0v) is 9.68. The second-order valence-corrected chi connectivity index (χ2v) is 4.05. The van der Waals surface area contributed by atoms with Crippen molar-refractivity contribution < 1.29 is 9.13 Å². The van der Waals surface area contributed by atoms with Crippen LogP contribution in [-0.4, -0.2) is 42.3 Å². The summed E-state index contributed by atoms with van der Waals surface area (Å²) in [6.07, 6.45) is 4.52. The molecule has 1 saturated heterocycles. The maximum absolute atomic E-state index is 12.7. The second-order valence-electron chi connectivity index (χ2n) is 4.05. The fourth-order valence-electron chi connectivity index (χ4n) is 1.93. The molecular formula is C11H17FN4O. The van der Waals surface area contributed by atoms with Gasteiger partial charge in [-0.15, -0.1) is 0 Å². The van der Waals surface area contributed by atoms with Crippen molar-refractivity contribution >= 4 is 5.95 Å². The average Bonchev–Trinajstić information content (AvgIpc) is 2.38. The zero-order chi connectivity index (χ0) is 12.1. The van der Waals surface area contributed by atoms with Gasteiger partial charge < -0.3 is 15.4 Å². The highest BCUT2D eigenvalue weighted by Gasteiger charge is 2.21. The highest BCUT2D eigenvalue weighted by molar-refractivity contribution is 5.29. The molecule has 0 amide bonds. The Balaban J connectivity index is 1.84. The van der Waals surface area contributed by atoms with E-state index in [4.69, 9.17) is 10.5 Å². The Kier molecular flexibility index (Phi) is 4.22. The van der Waals surface area contributed by atoms with Crippen molar-refractivity contribution in [1.82, 2.24) is 9.97 Å². The van der Waals surface area contributed by atoms with E-state index >= 15 is 0 Å². The van der Waals surface area contributed by atoms with Crippen LogP contribution in [0.15, 0.2) is 12.4 Å². The number of ether oxygens (including phenoxy) is 1. The quantitative estimate of drug-likeness (QED) is 0.833. The molecule has 2 rings (SSSR count). The number of halogens is 1. The number of piperidine rings is 1. The van der Waals surface area contributed by atoms with Crippen molar-refractivity contribution in [1.29, 1.82) is 0 Å². The lowest BCUT2D eigenvalue weighted by atomic mass is 10.1. The van der Waals surface area contributed by atoms with Gasteiger partial charge in [-0.25, -0.2) is 14.4 Å². The monoisotopic (exact) mass is 240 g/mol. The number of nitrogens with zero attached hydrogens (tertiary/aromatic N) is 3. The molecule has 1 aliphatic heterocycles. The number of hydrogen-bond acceptors (Lipinski definition) is 5. The summed E-state index contributed by atoms with van der Waals surface area (Å²) < 4.78 is 18.3. The maximum Gasteiger partial charge on any atom is 0.225 e. The molecule has 0 aromatic carbocycles. The Labute approximate surface area is 99.8 Å². The largest absolute Gasteiger partial charge is 0.377 e. The van der Waals surface area contributed by atoms with Crippen LogP contribution in [-0.2, 0) is 4.74 Å². The molecule has 0 aliphatic carbocycles. The van der Waals surface area contributed by atoms with Gasteiger partial charge in [0.2, 0.25) is 5.95 Å². The molecule has 0 unspecified atom stereocenters. The third-order valence-electron chi connectivity index (χ3n) is 2.80. The summed E-state index contributed by atoms with van der Waals surface area (Å²) in [5.74, 6) is 0.179. The van der Waals surface area contributed by atoms with Gasteiger partial charge in [0, 0.05) is 19.6 Å². The Morgan fingerprint density at radius 2 is 2.00 bits per heavy atom. The van der Waals surface area contributed by atoms with Crippen molar-refractivity contribution in [3.8, 4) is 0 Å². The lowest BCUT2D eigenvalue weighted by Crippen LogP contribution is -2.38. The molecule has 0 radical (unpaired) electrons. The smallest absolute Gasteiger partial charge is 0.225 e. The first-order valence-electron chi connectivity index (χ1n) is 5.84. The van der Waals surface area contributed by atoms with Crippen molar-refractivity contribution in [3.63, 3.8) is 0 Å². The van der Waals surface area contributed by atoms with Crippen LogP contribution in [0.25, 0.3) is 0 Å². The van der Waals surface area contributed by atoms with E-state index < -0.39 is 5.82 Å². The van der Waals surface area contributed by atoms with Gasteiger partial charge in [0.25, 0.3) is 0 Å². The molecule has 0 saturated carbocycles. The van der Waals surface area contributed by atoms with Gasteiger partial charge >= 0.3 is 0 Å². The molecule has 0 atom stereocenters. The van der Waals surface area contributed by atoms with Crippen molar-refractivity contribution in [2.75, 3.05) is 31.1 Å². The van der Waals surface area contributed by atoms with Gasteiger partial charge in [0.1, 0.15) is 0 Å². The summed E-state index contributed by atoms with van der Waals surface area (Å²) >= 11 is 0. The SMILES string of the molecule is NCCOC1CCN(c2ncc(F)cn2)CC1. The van der Waals surface area contributed by atoms with Gasteiger partial charge in [-0.05, 0) is 12.8 Å². The molecule has 2 heterocycles. The summed E-state index contributed by atoms with van der Waals surface area (Å²) in [5.41, 5.74) is 5.39. The van der Waals surface area contributed by atoms with Crippen LogP contribution in [0.5, 0.6) is 0 Å². The van der Waals surface area contributed by atoms with Gasteiger partial charge in [0.15, 0.2) is 5.82 Å². The molecule has 1 aliphatic rings. The fraction of sp³-hybridized carbons (Fsp3) is 0.636.